The molecule has 0 radical (unpaired) electrons. The van der Waals surface area contributed by atoms with Crippen molar-refractivity contribution in [1.82, 2.24) is 5.32 Å². The van der Waals surface area contributed by atoms with Gasteiger partial charge in [0.25, 0.3) is 0 Å². The van der Waals surface area contributed by atoms with Crippen LogP contribution in [0, 0.1) is 0 Å². The van der Waals surface area contributed by atoms with Gasteiger partial charge in [0.2, 0.25) is 10.0 Å². The topological polar surface area (TPSA) is 102 Å². The fourth-order valence-corrected chi connectivity index (χ4v) is 3.02. The molecule has 3 rings (SSSR count). The van der Waals surface area contributed by atoms with Gasteiger partial charge in [-0.25, -0.2) is 13.6 Å². The van der Waals surface area contributed by atoms with Gasteiger partial charge in [-0.05, 0) is 23.8 Å². The Kier molecular flexibility index (Phi) is 4.68. The number of nitrogens with one attached hydrogen (secondary N) is 1. The molecular formula is C17H18N2O4S. The molecule has 2 aromatic carbocycles. The first kappa shape index (κ1) is 16.7. The maximum atomic E-state index is 11.2. The molecule has 2 aromatic rings. The minimum Gasteiger partial charge on any atom is -0.464 e. The van der Waals surface area contributed by atoms with E-state index in [1.54, 1.807) is 18.4 Å². The van der Waals surface area contributed by atoms with Crippen LogP contribution in [0.3, 0.4) is 0 Å². The predicted molar refractivity (Wildman–Crippen MR) is 89.6 cm³/mol. The number of benzene rings is 2. The van der Waals surface area contributed by atoms with E-state index in [9.17, 15) is 13.5 Å². The molecule has 4 N–H and O–H groups in total. The molecule has 24 heavy (non-hydrogen) atoms. The molecule has 0 saturated carbocycles. The van der Waals surface area contributed by atoms with Gasteiger partial charge in [0.1, 0.15) is 11.9 Å². The Labute approximate surface area is 140 Å². The monoisotopic (exact) mass is 346 g/mol. The lowest BCUT2D eigenvalue weighted by Crippen LogP contribution is -2.22. The quantitative estimate of drug-likeness (QED) is 0.760. The number of sulfonamides is 1. The Morgan fingerprint density at radius 1 is 1.08 bits per heavy atom. The molecule has 0 spiro atoms. The van der Waals surface area contributed by atoms with Crippen molar-refractivity contribution in [2.24, 2.45) is 5.14 Å². The molecule has 126 valence electrons. The predicted octanol–water partition coefficient (Wildman–Crippen LogP) is 1.43. The molecule has 0 bridgehead atoms. The highest BCUT2D eigenvalue weighted by Gasteiger charge is 2.21. The lowest BCUT2D eigenvalue weighted by atomic mass is 10.00. The summed E-state index contributed by atoms with van der Waals surface area (Å²) in [5.41, 5.74) is 2.39. The van der Waals surface area contributed by atoms with Crippen LogP contribution in [0.4, 0.5) is 0 Å². The number of nitrogens with two attached hydrogens (primary N) is 1. The van der Waals surface area contributed by atoms with Crippen LogP contribution < -0.4 is 15.2 Å². The highest BCUT2D eigenvalue weighted by Crippen LogP contribution is 2.33. The molecule has 1 heterocycles. The summed E-state index contributed by atoms with van der Waals surface area (Å²) in [5.74, 6) is 0.660. The Morgan fingerprint density at radius 2 is 1.79 bits per heavy atom. The highest BCUT2D eigenvalue weighted by molar-refractivity contribution is 7.89. The molecule has 6 nitrogen and oxygen atoms in total. The van der Waals surface area contributed by atoms with Gasteiger partial charge in [-0.3, -0.25) is 0 Å². The van der Waals surface area contributed by atoms with E-state index in [2.05, 4.69) is 5.32 Å². The van der Waals surface area contributed by atoms with Crippen molar-refractivity contribution in [3.63, 3.8) is 0 Å². The maximum Gasteiger partial charge on any atom is 0.238 e. The molecule has 0 amide bonds. The second kappa shape index (κ2) is 6.74. The molecule has 1 aliphatic heterocycles. The van der Waals surface area contributed by atoms with Gasteiger partial charge in [-0.2, -0.15) is 0 Å². The Balaban J connectivity index is 1.58. The van der Waals surface area contributed by atoms with E-state index >= 15 is 0 Å². The van der Waals surface area contributed by atoms with Crippen LogP contribution in [0.1, 0.15) is 17.2 Å². The van der Waals surface area contributed by atoms with Crippen LogP contribution in [0.25, 0.3) is 0 Å². The molecular weight excluding hydrogens is 328 g/mol. The van der Waals surface area contributed by atoms with Crippen LogP contribution in [-0.4, -0.2) is 20.1 Å². The Bertz CT molecular complexity index is 860. The highest BCUT2D eigenvalue weighted by atomic mass is 32.2. The third-order valence-corrected chi connectivity index (χ3v) is 4.74. The van der Waals surface area contributed by atoms with Gasteiger partial charge in [0.05, 0.1) is 11.2 Å². The summed E-state index contributed by atoms with van der Waals surface area (Å²) in [6, 6.07) is 13.7. The minimum absolute atomic E-state index is 0.0849. The third kappa shape index (κ3) is 3.65. The maximum absolute atomic E-state index is 11.2. The SMILES string of the molecule is NS(=O)(=O)c1ccc(CNCC2=COc3ccccc3C2O)cc1. The van der Waals surface area contributed by atoms with Crippen LogP contribution in [0.15, 0.2) is 65.3 Å². The molecule has 1 aliphatic rings. The molecule has 7 heteroatoms. The average Bonchev–Trinajstić information content (AvgIpc) is 2.57. The van der Waals surface area contributed by atoms with E-state index in [0.717, 1.165) is 16.7 Å². The normalized spacial score (nSPS) is 16.9. The van der Waals surface area contributed by atoms with E-state index in [4.69, 9.17) is 9.88 Å². The fourth-order valence-electron chi connectivity index (χ4n) is 2.50. The standard InChI is InChI=1S/C17H18N2O4S/c18-24(21,22)14-7-5-12(6-8-14)9-19-10-13-11-23-16-4-2-1-3-15(16)17(13)20/h1-8,11,17,19-20H,9-10H2,(H2,18,21,22). The van der Waals surface area contributed by atoms with Crippen molar-refractivity contribution in [3.8, 4) is 5.75 Å². The van der Waals surface area contributed by atoms with Crippen molar-refractivity contribution in [2.75, 3.05) is 6.54 Å². The summed E-state index contributed by atoms with van der Waals surface area (Å²) in [5, 5.41) is 18.6. The lowest BCUT2D eigenvalue weighted by Gasteiger charge is -2.23. The van der Waals surface area contributed by atoms with Crippen molar-refractivity contribution in [1.29, 1.82) is 0 Å². The van der Waals surface area contributed by atoms with Crippen molar-refractivity contribution < 1.29 is 18.3 Å². The number of hydrogen-bond donors (Lipinski definition) is 3. The number of aliphatic hydroxyl groups is 1. The van der Waals surface area contributed by atoms with Gasteiger partial charge >= 0.3 is 0 Å². The lowest BCUT2D eigenvalue weighted by molar-refractivity contribution is 0.195. The molecule has 0 saturated heterocycles. The zero-order valence-corrected chi connectivity index (χ0v) is 13.7. The zero-order valence-electron chi connectivity index (χ0n) is 12.8. The number of hydrogen-bond acceptors (Lipinski definition) is 5. The fraction of sp³-hybridized carbons (Fsp3) is 0.176. The van der Waals surface area contributed by atoms with Crippen molar-refractivity contribution in [3.05, 3.63) is 71.5 Å². The van der Waals surface area contributed by atoms with E-state index in [1.807, 2.05) is 24.3 Å². The average molecular weight is 346 g/mol. The van der Waals surface area contributed by atoms with Gasteiger partial charge in [-0.15, -0.1) is 0 Å². The Morgan fingerprint density at radius 3 is 2.50 bits per heavy atom. The van der Waals surface area contributed by atoms with E-state index in [0.29, 0.717) is 18.8 Å². The first-order valence-electron chi connectivity index (χ1n) is 7.40. The molecule has 0 fully saturated rings. The summed E-state index contributed by atoms with van der Waals surface area (Å²) < 4.78 is 27.9. The third-order valence-electron chi connectivity index (χ3n) is 3.81. The van der Waals surface area contributed by atoms with Gasteiger partial charge < -0.3 is 15.2 Å². The van der Waals surface area contributed by atoms with Crippen LogP contribution in [0.5, 0.6) is 5.75 Å². The molecule has 0 aliphatic carbocycles. The second-order valence-electron chi connectivity index (χ2n) is 5.54. The summed E-state index contributed by atoms with van der Waals surface area (Å²) in [4.78, 5) is 0.0849. The van der Waals surface area contributed by atoms with Gasteiger partial charge in [0.15, 0.2) is 0 Å². The van der Waals surface area contributed by atoms with Crippen molar-refractivity contribution in [2.45, 2.75) is 17.5 Å². The smallest absolute Gasteiger partial charge is 0.238 e. The van der Waals surface area contributed by atoms with E-state index in [-0.39, 0.29) is 4.90 Å². The van der Waals surface area contributed by atoms with Gasteiger partial charge in [-0.1, -0.05) is 30.3 Å². The van der Waals surface area contributed by atoms with E-state index < -0.39 is 16.1 Å². The van der Waals surface area contributed by atoms with Crippen LogP contribution >= 0.6 is 0 Å². The minimum atomic E-state index is -3.67. The first-order valence-corrected chi connectivity index (χ1v) is 8.95. The number of para-hydroxylation sites is 1. The first-order chi connectivity index (χ1) is 11.4. The largest absolute Gasteiger partial charge is 0.464 e. The number of aliphatic hydroxyl groups excluding tert-OH is 1. The summed E-state index contributed by atoms with van der Waals surface area (Å²) in [6.45, 7) is 0.975. The van der Waals surface area contributed by atoms with Crippen LogP contribution in [-0.2, 0) is 16.6 Å². The molecule has 1 unspecified atom stereocenters. The second-order valence-corrected chi connectivity index (χ2v) is 7.10. The van der Waals surface area contributed by atoms with Gasteiger partial charge in [0, 0.05) is 24.2 Å². The Hall–Kier alpha value is -2.19. The van der Waals surface area contributed by atoms with Crippen molar-refractivity contribution >= 4 is 10.0 Å². The zero-order chi connectivity index (χ0) is 17.2. The molecule has 1 atom stereocenters. The van der Waals surface area contributed by atoms with Crippen LogP contribution in [0.2, 0.25) is 0 Å². The van der Waals surface area contributed by atoms with E-state index in [1.165, 1.54) is 12.1 Å². The summed E-state index contributed by atoms with van der Waals surface area (Å²) in [7, 11) is -3.67. The molecule has 0 aromatic heterocycles. The number of rotatable bonds is 5. The summed E-state index contributed by atoms with van der Waals surface area (Å²) in [6.07, 6.45) is 0.858. The number of primary sulfonamides is 1. The summed E-state index contributed by atoms with van der Waals surface area (Å²) >= 11 is 0. The number of fused-ring (bicyclic) bond motifs is 1. The number of ether oxygens (including phenoxy) is 1.